The van der Waals surface area contributed by atoms with E-state index >= 15 is 0 Å². The highest BCUT2D eigenvalue weighted by Crippen LogP contribution is 2.40. The zero-order chi connectivity index (χ0) is 32.3. The lowest BCUT2D eigenvalue weighted by molar-refractivity contribution is 0.654. The Hall–Kier alpha value is -6.58. The van der Waals surface area contributed by atoms with Gasteiger partial charge in [-0.05, 0) is 78.8 Å². The maximum atomic E-state index is 6.53. The van der Waals surface area contributed by atoms with Crippen LogP contribution in [0.25, 0.3) is 99.3 Å². The molecule has 0 unspecified atom stereocenters. The summed E-state index contributed by atoms with van der Waals surface area (Å²) >= 11 is 0. The quantitative estimate of drug-likeness (QED) is 0.183. The molecule has 2 heterocycles. The van der Waals surface area contributed by atoms with Crippen molar-refractivity contribution in [3.05, 3.63) is 170 Å². The Bertz CT molecular complexity index is 2840. The van der Waals surface area contributed by atoms with Gasteiger partial charge in [-0.15, -0.1) is 0 Å². The second-order valence-electron chi connectivity index (χ2n) is 12.6. The third-order valence-corrected chi connectivity index (χ3v) is 9.69. The van der Waals surface area contributed by atoms with E-state index in [0.29, 0.717) is 11.5 Å². The lowest BCUT2D eigenvalue weighted by Crippen LogP contribution is -1.93. The van der Waals surface area contributed by atoms with E-state index < -0.39 is 0 Å². The number of furan rings is 1. The molecule has 228 valence electrons. The van der Waals surface area contributed by atoms with Gasteiger partial charge in [-0.2, -0.15) is 4.98 Å². The van der Waals surface area contributed by atoms with Crippen molar-refractivity contribution in [1.29, 1.82) is 0 Å². The molecule has 0 bridgehead atoms. The van der Waals surface area contributed by atoms with E-state index in [-0.39, 0.29) is 0 Å². The van der Waals surface area contributed by atoms with E-state index in [1.165, 1.54) is 43.4 Å². The molecule has 8 aromatic carbocycles. The predicted molar refractivity (Wildman–Crippen MR) is 204 cm³/mol. The van der Waals surface area contributed by atoms with Gasteiger partial charge in [-0.1, -0.05) is 146 Å². The molecule has 3 nitrogen and oxygen atoms in total. The standard InChI is InChI=1S/C46H28N2O/c1-3-12-29(13-4-1)44-43-40-25-23-34(28-42(40)49-46(43)48-45(47-44)30-14-5-2-6-15-30)32-17-11-16-31(26-32)33-22-24-39-37-20-8-7-18-35(37)36-19-9-10-21-38(36)41(39)27-33/h1-28H. The number of hydrogen-bond donors (Lipinski definition) is 0. The van der Waals surface area contributed by atoms with Gasteiger partial charge in [-0.3, -0.25) is 0 Å². The zero-order valence-electron chi connectivity index (χ0n) is 26.5. The molecule has 49 heavy (non-hydrogen) atoms. The van der Waals surface area contributed by atoms with Crippen LogP contribution in [0.15, 0.2) is 174 Å². The summed E-state index contributed by atoms with van der Waals surface area (Å²) in [5.74, 6) is 0.648. The number of fused-ring (bicyclic) bond motifs is 9. The van der Waals surface area contributed by atoms with Gasteiger partial charge in [0.1, 0.15) is 5.58 Å². The molecule has 3 heteroatoms. The fourth-order valence-electron chi connectivity index (χ4n) is 7.34. The van der Waals surface area contributed by atoms with E-state index in [4.69, 9.17) is 14.4 Å². The number of benzene rings is 8. The summed E-state index contributed by atoms with van der Waals surface area (Å²) in [6.07, 6.45) is 0. The molecular formula is C46H28N2O. The van der Waals surface area contributed by atoms with Crippen molar-refractivity contribution in [2.24, 2.45) is 0 Å². The molecule has 10 aromatic rings. The molecule has 10 rings (SSSR count). The Balaban J connectivity index is 1.11. The Labute approximate surface area is 282 Å². The lowest BCUT2D eigenvalue weighted by atomic mass is 9.91. The summed E-state index contributed by atoms with van der Waals surface area (Å²) in [4.78, 5) is 9.99. The number of rotatable bonds is 4. The smallest absolute Gasteiger partial charge is 0.231 e. The van der Waals surface area contributed by atoms with Crippen LogP contribution in [0.1, 0.15) is 0 Å². The van der Waals surface area contributed by atoms with Gasteiger partial charge in [-0.25, -0.2) is 4.98 Å². The average molecular weight is 625 g/mol. The van der Waals surface area contributed by atoms with E-state index in [0.717, 1.165) is 44.3 Å². The van der Waals surface area contributed by atoms with Gasteiger partial charge in [0.05, 0.1) is 11.1 Å². The first-order valence-corrected chi connectivity index (χ1v) is 16.6. The molecule has 0 amide bonds. The van der Waals surface area contributed by atoms with Crippen LogP contribution in [-0.2, 0) is 0 Å². The first-order valence-electron chi connectivity index (χ1n) is 16.6. The maximum Gasteiger partial charge on any atom is 0.231 e. The molecule has 0 radical (unpaired) electrons. The predicted octanol–water partition coefficient (Wildman–Crippen LogP) is 12.5. The minimum absolute atomic E-state index is 0.588. The zero-order valence-corrected chi connectivity index (χ0v) is 26.5. The molecule has 0 aliphatic heterocycles. The van der Waals surface area contributed by atoms with Crippen molar-refractivity contribution >= 4 is 54.4 Å². The molecular weight excluding hydrogens is 597 g/mol. The molecule has 0 saturated carbocycles. The number of nitrogens with zero attached hydrogens (tertiary/aromatic N) is 2. The van der Waals surface area contributed by atoms with Crippen LogP contribution in [0.3, 0.4) is 0 Å². The van der Waals surface area contributed by atoms with Crippen LogP contribution in [0.4, 0.5) is 0 Å². The van der Waals surface area contributed by atoms with Gasteiger partial charge < -0.3 is 4.42 Å². The summed E-state index contributed by atoms with van der Waals surface area (Å²) < 4.78 is 6.53. The van der Waals surface area contributed by atoms with Crippen LogP contribution < -0.4 is 0 Å². The fraction of sp³-hybridized carbons (Fsp3) is 0. The summed E-state index contributed by atoms with van der Waals surface area (Å²) in [6, 6.07) is 59.9. The van der Waals surface area contributed by atoms with E-state index in [1.807, 2.05) is 48.5 Å². The van der Waals surface area contributed by atoms with E-state index in [1.54, 1.807) is 0 Å². The Kier molecular flexibility index (Phi) is 6.18. The molecule has 0 aliphatic carbocycles. The van der Waals surface area contributed by atoms with Crippen molar-refractivity contribution < 1.29 is 4.42 Å². The minimum Gasteiger partial charge on any atom is -0.438 e. The Morgan fingerprint density at radius 3 is 1.47 bits per heavy atom. The first kappa shape index (κ1) is 27.5. The molecule has 0 atom stereocenters. The third kappa shape index (κ3) is 4.51. The second kappa shape index (κ2) is 11.0. The third-order valence-electron chi connectivity index (χ3n) is 9.69. The Morgan fingerprint density at radius 1 is 0.327 bits per heavy atom. The van der Waals surface area contributed by atoms with Gasteiger partial charge in [0, 0.05) is 16.5 Å². The van der Waals surface area contributed by atoms with Crippen LogP contribution in [0.2, 0.25) is 0 Å². The molecule has 2 aromatic heterocycles. The van der Waals surface area contributed by atoms with Crippen molar-refractivity contribution in [1.82, 2.24) is 9.97 Å². The van der Waals surface area contributed by atoms with Crippen molar-refractivity contribution in [2.75, 3.05) is 0 Å². The van der Waals surface area contributed by atoms with Gasteiger partial charge in [0.2, 0.25) is 5.71 Å². The monoisotopic (exact) mass is 624 g/mol. The summed E-state index contributed by atoms with van der Waals surface area (Å²) in [5.41, 5.74) is 8.81. The lowest BCUT2D eigenvalue weighted by Gasteiger charge is -2.12. The highest BCUT2D eigenvalue weighted by molar-refractivity contribution is 6.25. The van der Waals surface area contributed by atoms with Crippen molar-refractivity contribution in [3.63, 3.8) is 0 Å². The van der Waals surface area contributed by atoms with Gasteiger partial charge >= 0.3 is 0 Å². The molecule has 0 N–H and O–H groups in total. The minimum atomic E-state index is 0.588. The number of aromatic nitrogens is 2. The Morgan fingerprint density at radius 2 is 0.816 bits per heavy atom. The van der Waals surface area contributed by atoms with Crippen molar-refractivity contribution in [2.45, 2.75) is 0 Å². The molecule has 0 saturated heterocycles. The SMILES string of the molecule is c1ccc(-c2nc(-c3ccccc3)c3c(n2)oc2cc(-c4cccc(-c5ccc6c7ccccc7c7ccccc7c6c5)c4)ccc23)cc1. The first-order chi connectivity index (χ1) is 24.3. The largest absolute Gasteiger partial charge is 0.438 e. The van der Waals surface area contributed by atoms with E-state index in [2.05, 4.69) is 121 Å². The summed E-state index contributed by atoms with van der Waals surface area (Å²) in [5, 5.41) is 9.61. The molecule has 0 spiro atoms. The highest BCUT2D eigenvalue weighted by Gasteiger charge is 2.19. The van der Waals surface area contributed by atoms with E-state index in [9.17, 15) is 0 Å². The van der Waals surface area contributed by atoms with Crippen molar-refractivity contribution in [3.8, 4) is 44.9 Å². The van der Waals surface area contributed by atoms with Crippen LogP contribution in [-0.4, -0.2) is 9.97 Å². The van der Waals surface area contributed by atoms with Gasteiger partial charge in [0.25, 0.3) is 0 Å². The highest BCUT2D eigenvalue weighted by atomic mass is 16.3. The van der Waals surface area contributed by atoms with Crippen LogP contribution in [0.5, 0.6) is 0 Å². The summed E-state index contributed by atoms with van der Waals surface area (Å²) in [7, 11) is 0. The molecule has 0 fully saturated rings. The van der Waals surface area contributed by atoms with Crippen LogP contribution in [0, 0.1) is 0 Å². The normalized spacial score (nSPS) is 11.7. The number of hydrogen-bond acceptors (Lipinski definition) is 3. The second-order valence-corrected chi connectivity index (χ2v) is 12.6. The van der Waals surface area contributed by atoms with Gasteiger partial charge in [0.15, 0.2) is 5.82 Å². The fourth-order valence-corrected chi connectivity index (χ4v) is 7.34. The van der Waals surface area contributed by atoms with Crippen LogP contribution >= 0.6 is 0 Å². The maximum absolute atomic E-state index is 6.53. The topological polar surface area (TPSA) is 38.9 Å². The molecule has 0 aliphatic rings. The average Bonchev–Trinajstić information content (AvgIpc) is 3.56. The summed E-state index contributed by atoms with van der Waals surface area (Å²) in [6.45, 7) is 0.